The predicted molar refractivity (Wildman–Crippen MR) is 81.6 cm³/mol. The summed E-state index contributed by atoms with van der Waals surface area (Å²) in [5.74, 6) is -1.06. The Morgan fingerprint density at radius 2 is 2.10 bits per heavy atom. The Morgan fingerprint density at radius 1 is 1.33 bits per heavy atom. The maximum atomic E-state index is 11.9. The highest BCUT2D eigenvalue weighted by atomic mass is 32.1. The van der Waals surface area contributed by atoms with Crippen molar-refractivity contribution in [3.05, 3.63) is 45.9 Å². The molecule has 0 fully saturated rings. The zero-order valence-electron chi connectivity index (χ0n) is 11.6. The van der Waals surface area contributed by atoms with Crippen LogP contribution in [0.1, 0.15) is 22.7 Å². The quantitative estimate of drug-likeness (QED) is 0.860. The van der Waals surface area contributed by atoms with E-state index in [-0.39, 0.29) is 12.3 Å². The molecule has 0 unspecified atom stereocenters. The molecule has 110 valence electrons. The lowest BCUT2D eigenvalue weighted by atomic mass is 10.1. The van der Waals surface area contributed by atoms with Crippen LogP contribution in [0.3, 0.4) is 0 Å². The Hall–Kier alpha value is -2.21. The largest absolute Gasteiger partial charge is 0.481 e. The number of carboxylic acid groups (broad SMARTS) is 1. The third-order valence-electron chi connectivity index (χ3n) is 2.87. The molecule has 6 heteroatoms. The molecule has 1 aromatic heterocycles. The summed E-state index contributed by atoms with van der Waals surface area (Å²) < 4.78 is 0. The highest BCUT2D eigenvalue weighted by Crippen LogP contribution is 2.17. The van der Waals surface area contributed by atoms with Gasteiger partial charge < -0.3 is 10.4 Å². The van der Waals surface area contributed by atoms with Crippen molar-refractivity contribution in [2.75, 3.05) is 5.32 Å². The second kappa shape index (κ2) is 6.99. The number of thiazole rings is 1. The number of carbonyl (C=O) groups excluding carboxylic acids is 1. The number of nitrogens with zero attached hydrogens (tertiary/aromatic N) is 1. The number of carboxylic acids is 1. The number of nitrogens with one attached hydrogen (secondary N) is 1. The summed E-state index contributed by atoms with van der Waals surface area (Å²) in [5, 5.41) is 14.5. The lowest BCUT2D eigenvalue weighted by Crippen LogP contribution is -2.14. The van der Waals surface area contributed by atoms with Crippen LogP contribution >= 0.6 is 11.3 Å². The van der Waals surface area contributed by atoms with E-state index in [4.69, 9.17) is 5.11 Å². The molecule has 1 amide bonds. The van der Waals surface area contributed by atoms with Crippen molar-refractivity contribution >= 4 is 28.9 Å². The average molecular weight is 304 g/mol. The molecule has 1 heterocycles. The Kier molecular flexibility index (Phi) is 5.05. The van der Waals surface area contributed by atoms with Gasteiger partial charge in [-0.3, -0.25) is 9.59 Å². The predicted octanol–water partition coefficient (Wildman–Crippen LogP) is 2.65. The Labute approximate surface area is 126 Å². The number of hydrogen-bond donors (Lipinski definition) is 2. The second-order valence-corrected chi connectivity index (χ2v) is 5.60. The molecule has 5 nitrogen and oxygen atoms in total. The van der Waals surface area contributed by atoms with Crippen molar-refractivity contribution in [1.82, 2.24) is 4.98 Å². The van der Waals surface area contributed by atoms with Gasteiger partial charge in [-0.2, -0.15) is 0 Å². The van der Waals surface area contributed by atoms with E-state index in [0.717, 1.165) is 10.7 Å². The van der Waals surface area contributed by atoms with Gasteiger partial charge in [-0.15, -0.1) is 11.3 Å². The Bertz CT molecular complexity index is 652. The van der Waals surface area contributed by atoms with Gasteiger partial charge >= 0.3 is 5.97 Å². The standard InChI is InChI=1S/C15H16N2O3S/c1-10-9-21-14(16-10)7-6-13(18)17-12-5-3-2-4-11(12)8-15(19)20/h2-5,9H,6-8H2,1H3,(H,17,18)(H,19,20). The molecule has 0 aliphatic heterocycles. The van der Waals surface area contributed by atoms with Crippen LogP contribution in [0.15, 0.2) is 29.6 Å². The average Bonchev–Trinajstić information content (AvgIpc) is 2.84. The number of hydrogen-bond acceptors (Lipinski definition) is 4. The van der Waals surface area contributed by atoms with Crippen LogP contribution in [0.25, 0.3) is 0 Å². The van der Waals surface area contributed by atoms with Gasteiger partial charge in [0.05, 0.1) is 11.4 Å². The number of anilines is 1. The van der Waals surface area contributed by atoms with Gasteiger partial charge in [0, 0.05) is 29.6 Å². The first-order valence-electron chi connectivity index (χ1n) is 6.55. The fourth-order valence-corrected chi connectivity index (χ4v) is 2.69. The normalized spacial score (nSPS) is 10.3. The summed E-state index contributed by atoms with van der Waals surface area (Å²) in [5.41, 5.74) is 2.12. The number of carbonyl (C=O) groups is 2. The van der Waals surface area contributed by atoms with Crippen LogP contribution in [-0.2, 0) is 22.4 Å². The first-order chi connectivity index (χ1) is 10.0. The van der Waals surface area contributed by atoms with Crippen molar-refractivity contribution in [2.45, 2.75) is 26.2 Å². The van der Waals surface area contributed by atoms with E-state index in [0.29, 0.717) is 24.1 Å². The van der Waals surface area contributed by atoms with Gasteiger partial charge in [0.25, 0.3) is 0 Å². The molecule has 2 aromatic rings. The van der Waals surface area contributed by atoms with Crippen molar-refractivity contribution in [1.29, 1.82) is 0 Å². The second-order valence-electron chi connectivity index (χ2n) is 4.66. The van der Waals surface area contributed by atoms with Crippen LogP contribution in [0.5, 0.6) is 0 Å². The number of amides is 1. The van der Waals surface area contributed by atoms with Crippen molar-refractivity contribution in [2.24, 2.45) is 0 Å². The van der Waals surface area contributed by atoms with E-state index in [1.165, 1.54) is 0 Å². The molecule has 0 saturated heterocycles. The summed E-state index contributed by atoms with van der Waals surface area (Å²) in [6, 6.07) is 6.94. The van der Waals surface area contributed by atoms with Crippen molar-refractivity contribution in [3.8, 4) is 0 Å². The van der Waals surface area contributed by atoms with E-state index in [9.17, 15) is 9.59 Å². The lowest BCUT2D eigenvalue weighted by Gasteiger charge is -2.09. The Morgan fingerprint density at radius 3 is 2.76 bits per heavy atom. The number of benzene rings is 1. The number of aliphatic carboxylic acids is 1. The summed E-state index contributed by atoms with van der Waals surface area (Å²) in [7, 11) is 0. The first-order valence-corrected chi connectivity index (χ1v) is 7.43. The SMILES string of the molecule is Cc1csc(CCC(=O)Nc2ccccc2CC(=O)O)n1. The molecule has 0 spiro atoms. The molecule has 2 rings (SSSR count). The smallest absolute Gasteiger partial charge is 0.307 e. The van der Waals surface area contributed by atoms with E-state index in [1.54, 1.807) is 35.6 Å². The molecular formula is C15H16N2O3S. The third-order valence-corrected chi connectivity index (χ3v) is 3.89. The van der Waals surface area contributed by atoms with Gasteiger partial charge in [0.1, 0.15) is 0 Å². The van der Waals surface area contributed by atoms with E-state index < -0.39 is 5.97 Å². The maximum absolute atomic E-state index is 11.9. The fourth-order valence-electron chi connectivity index (χ4n) is 1.91. The van der Waals surface area contributed by atoms with Crippen molar-refractivity contribution in [3.63, 3.8) is 0 Å². The Balaban J connectivity index is 1.94. The molecule has 0 atom stereocenters. The molecule has 0 radical (unpaired) electrons. The number of aromatic nitrogens is 1. The molecule has 0 saturated carbocycles. The third kappa shape index (κ3) is 4.68. The zero-order chi connectivity index (χ0) is 15.2. The zero-order valence-corrected chi connectivity index (χ0v) is 12.4. The van der Waals surface area contributed by atoms with Gasteiger partial charge in [0.15, 0.2) is 0 Å². The van der Waals surface area contributed by atoms with Crippen LogP contribution in [0.2, 0.25) is 0 Å². The lowest BCUT2D eigenvalue weighted by molar-refractivity contribution is -0.136. The fraction of sp³-hybridized carbons (Fsp3) is 0.267. The minimum absolute atomic E-state index is 0.109. The summed E-state index contributed by atoms with van der Waals surface area (Å²) in [6.45, 7) is 1.92. The van der Waals surface area contributed by atoms with E-state index in [1.807, 2.05) is 12.3 Å². The summed E-state index contributed by atoms with van der Waals surface area (Å²) >= 11 is 1.54. The van der Waals surface area contributed by atoms with Gasteiger partial charge in [-0.1, -0.05) is 18.2 Å². The molecule has 0 bridgehead atoms. The molecule has 1 aromatic carbocycles. The molecule has 2 N–H and O–H groups in total. The van der Waals surface area contributed by atoms with Crippen LogP contribution < -0.4 is 5.32 Å². The highest BCUT2D eigenvalue weighted by molar-refractivity contribution is 7.09. The molecular weight excluding hydrogens is 288 g/mol. The van der Waals surface area contributed by atoms with Gasteiger partial charge in [-0.25, -0.2) is 4.98 Å². The van der Waals surface area contributed by atoms with E-state index >= 15 is 0 Å². The summed E-state index contributed by atoms with van der Waals surface area (Å²) in [4.78, 5) is 27.1. The van der Waals surface area contributed by atoms with Gasteiger partial charge in [-0.05, 0) is 18.6 Å². The molecule has 0 aliphatic carbocycles. The number of rotatable bonds is 6. The number of para-hydroxylation sites is 1. The van der Waals surface area contributed by atoms with Crippen molar-refractivity contribution < 1.29 is 14.7 Å². The minimum Gasteiger partial charge on any atom is -0.481 e. The highest BCUT2D eigenvalue weighted by Gasteiger charge is 2.10. The molecule has 0 aliphatic rings. The number of aryl methyl sites for hydroxylation is 2. The molecule has 21 heavy (non-hydrogen) atoms. The maximum Gasteiger partial charge on any atom is 0.307 e. The van der Waals surface area contributed by atoms with Gasteiger partial charge in [0.2, 0.25) is 5.91 Å². The van der Waals surface area contributed by atoms with Crippen LogP contribution in [0.4, 0.5) is 5.69 Å². The summed E-state index contributed by atoms with van der Waals surface area (Å²) in [6.07, 6.45) is 0.807. The van der Waals surface area contributed by atoms with E-state index in [2.05, 4.69) is 10.3 Å². The minimum atomic E-state index is -0.921. The van der Waals surface area contributed by atoms with Crippen LogP contribution in [-0.4, -0.2) is 22.0 Å². The first kappa shape index (κ1) is 15.2. The van der Waals surface area contributed by atoms with Crippen LogP contribution in [0, 0.1) is 6.92 Å². The topological polar surface area (TPSA) is 79.3 Å². The monoisotopic (exact) mass is 304 g/mol.